The molecule has 1 saturated carbocycles. The maximum atomic E-state index is 3.79. The highest BCUT2D eigenvalue weighted by atomic mass is 14.9. The average molecular weight is 225 g/mol. The van der Waals surface area contributed by atoms with Crippen molar-refractivity contribution in [3.8, 4) is 0 Å². The lowest BCUT2D eigenvalue weighted by molar-refractivity contribution is 0.272. The third-order valence-electron chi connectivity index (χ3n) is 3.98. The molecule has 0 bridgehead atoms. The molecular weight excluding hydrogens is 194 g/mol. The Labute approximate surface area is 102 Å². The van der Waals surface area contributed by atoms with Gasteiger partial charge in [-0.1, -0.05) is 52.4 Å². The average Bonchev–Trinajstić information content (AvgIpc) is 2.24. The van der Waals surface area contributed by atoms with E-state index in [0.29, 0.717) is 0 Å². The molecule has 1 aliphatic rings. The summed E-state index contributed by atoms with van der Waals surface area (Å²) in [7, 11) is 0. The van der Waals surface area contributed by atoms with Crippen molar-refractivity contribution in [1.82, 2.24) is 5.32 Å². The van der Waals surface area contributed by atoms with E-state index in [-0.39, 0.29) is 0 Å². The predicted molar refractivity (Wildman–Crippen MR) is 72.8 cm³/mol. The fourth-order valence-corrected chi connectivity index (χ4v) is 3.04. The molecule has 1 nitrogen and oxygen atoms in total. The Morgan fingerprint density at radius 3 is 2.12 bits per heavy atom. The first kappa shape index (κ1) is 14.0. The molecule has 1 N–H and O–H groups in total. The van der Waals surface area contributed by atoms with E-state index in [1.54, 1.807) is 0 Å². The van der Waals surface area contributed by atoms with Crippen LogP contribution in [0.25, 0.3) is 0 Å². The summed E-state index contributed by atoms with van der Waals surface area (Å²) in [6.07, 6.45) is 14.3. The topological polar surface area (TPSA) is 12.0 Å². The van der Waals surface area contributed by atoms with Gasteiger partial charge in [0.15, 0.2) is 0 Å². The summed E-state index contributed by atoms with van der Waals surface area (Å²) in [4.78, 5) is 0. The Bertz CT molecular complexity index is 145. The van der Waals surface area contributed by atoms with Crippen LogP contribution in [-0.4, -0.2) is 12.6 Å². The van der Waals surface area contributed by atoms with Gasteiger partial charge in [-0.25, -0.2) is 0 Å². The zero-order chi connectivity index (χ0) is 11.6. The van der Waals surface area contributed by atoms with E-state index in [1.165, 1.54) is 70.8 Å². The second-order valence-electron chi connectivity index (χ2n) is 5.45. The summed E-state index contributed by atoms with van der Waals surface area (Å²) >= 11 is 0. The van der Waals surface area contributed by atoms with Crippen molar-refractivity contribution in [2.75, 3.05) is 6.54 Å². The molecule has 0 saturated heterocycles. The lowest BCUT2D eigenvalue weighted by atomic mass is 9.84. The number of hydrogen-bond donors (Lipinski definition) is 1. The zero-order valence-electron chi connectivity index (χ0n) is 11.4. The SMILES string of the molecule is CCCNC(CCC)C1CCCCCCC1. The van der Waals surface area contributed by atoms with E-state index < -0.39 is 0 Å². The zero-order valence-corrected chi connectivity index (χ0v) is 11.4. The fourth-order valence-electron chi connectivity index (χ4n) is 3.04. The molecule has 1 unspecified atom stereocenters. The van der Waals surface area contributed by atoms with Gasteiger partial charge in [0, 0.05) is 6.04 Å². The van der Waals surface area contributed by atoms with E-state index >= 15 is 0 Å². The van der Waals surface area contributed by atoms with Crippen LogP contribution >= 0.6 is 0 Å². The molecule has 96 valence electrons. The molecular formula is C15H31N. The van der Waals surface area contributed by atoms with E-state index in [9.17, 15) is 0 Å². The molecule has 1 heteroatoms. The quantitative estimate of drug-likeness (QED) is 0.701. The third kappa shape index (κ3) is 5.34. The maximum absolute atomic E-state index is 3.79. The van der Waals surface area contributed by atoms with Crippen LogP contribution in [0.2, 0.25) is 0 Å². The first-order valence-electron chi connectivity index (χ1n) is 7.61. The van der Waals surface area contributed by atoms with E-state index in [0.717, 1.165) is 12.0 Å². The summed E-state index contributed by atoms with van der Waals surface area (Å²) in [6, 6.07) is 0.808. The first-order valence-corrected chi connectivity index (χ1v) is 7.61. The minimum absolute atomic E-state index is 0.808. The van der Waals surface area contributed by atoms with Crippen LogP contribution < -0.4 is 5.32 Å². The molecule has 0 spiro atoms. The smallest absolute Gasteiger partial charge is 0.00952 e. The van der Waals surface area contributed by atoms with Gasteiger partial charge in [0.05, 0.1) is 0 Å². The lowest BCUT2D eigenvalue weighted by Crippen LogP contribution is -2.37. The van der Waals surface area contributed by atoms with Gasteiger partial charge < -0.3 is 5.32 Å². The van der Waals surface area contributed by atoms with Gasteiger partial charge in [-0.05, 0) is 38.1 Å². The molecule has 0 heterocycles. The molecule has 0 aromatic heterocycles. The highest BCUT2D eigenvalue weighted by Gasteiger charge is 2.20. The Morgan fingerprint density at radius 2 is 1.56 bits per heavy atom. The van der Waals surface area contributed by atoms with Gasteiger partial charge in [0.2, 0.25) is 0 Å². The Balaban J connectivity index is 2.38. The van der Waals surface area contributed by atoms with Crippen molar-refractivity contribution in [1.29, 1.82) is 0 Å². The van der Waals surface area contributed by atoms with E-state index in [1.807, 2.05) is 0 Å². The number of hydrogen-bond acceptors (Lipinski definition) is 1. The minimum Gasteiger partial charge on any atom is -0.314 e. The van der Waals surface area contributed by atoms with Crippen molar-refractivity contribution < 1.29 is 0 Å². The Kier molecular flexibility index (Phi) is 7.92. The van der Waals surface area contributed by atoms with Crippen molar-refractivity contribution >= 4 is 0 Å². The number of rotatable bonds is 6. The molecule has 1 rings (SSSR count). The van der Waals surface area contributed by atoms with Crippen molar-refractivity contribution in [3.63, 3.8) is 0 Å². The second kappa shape index (κ2) is 9.04. The monoisotopic (exact) mass is 225 g/mol. The minimum atomic E-state index is 0.808. The summed E-state index contributed by atoms with van der Waals surface area (Å²) < 4.78 is 0. The lowest BCUT2D eigenvalue weighted by Gasteiger charge is -2.29. The maximum Gasteiger partial charge on any atom is 0.00952 e. The molecule has 1 fully saturated rings. The van der Waals surface area contributed by atoms with Crippen LogP contribution in [0.3, 0.4) is 0 Å². The largest absolute Gasteiger partial charge is 0.314 e. The molecule has 16 heavy (non-hydrogen) atoms. The Hall–Kier alpha value is -0.0400. The summed E-state index contributed by atoms with van der Waals surface area (Å²) in [5.41, 5.74) is 0. The van der Waals surface area contributed by atoms with Gasteiger partial charge in [-0.15, -0.1) is 0 Å². The van der Waals surface area contributed by atoms with Crippen LogP contribution in [0.15, 0.2) is 0 Å². The highest BCUT2D eigenvalue weighted by Crippen LogP contribution is 2.26. The van der Waals surface area contributed by atoms with Crippen molar-refractivity contribution in [2.24, 2.45) is 5.92 Å². The fraction of sp³-hybridized carbons (Fsp3) is 1.00. The molecule has 0 aromatic rings. The highest BCUT2D eigenvalue weighted by molar-refractivity contribution is 4.77. The van der Waals surface area contributed by atoms with Crippen LogP contribution in [0.1, 0.15) is 78.1 Å². The van der Waals surface area contributed by atoms with Crippen LogP contribution in [0.4, 0.5) is 0 Å². The van der Waals surface area contributed by atoms with Gasteiger partial charge >= 0.3 is 0 Å². The molecule has 0 amide bonds. The van der Waals surface area contributed by atoms with Crippen molar-refractivity contribution in [3.05, 3.63) is 0 Å². The van der Waals surface area contributed by atoms with E-state index in [2.05, 4.69) is 19.2 Å². The van der Waals surface area contributed by atoms with Gasteiger partial charge in [-0.3, -0.25) is 0 Å². The van der Waals surface area contributed by atoms with Gasteiger partial charge in [0.25, 0.3) is 0 Å². The van der Waals surface area contributed by atoms with Gasteiger partial charge in [-0.2, -0.15) is 0 Å². The normalized spacial score (nSPS) is 21.4. The Morgan fingerprint density at radius 1 is 0.938 bits per heavy atom. The van der Waals surface area contributed by atoms with Gasteiger partial charge in [0.1, 0.15) is 0 Å². The molecule has 0 aliphatic heterocycles. The van der Waals surface area contributed by atoms with Crippen LogP contribution in [0, 0.1) is 5.92 Å². The second-order valence-corrected chi connectivity index (χ2v) is 5.45. The standard InChI is InChI=1S/C15H31N/c1-3-10-15(16-13-4-2)14-11-8-6-5-7-9-12-14/h14-16H,3-13H2,1-2H3. The number of nitrogens with one attached hydrogen (secondary N) is 1. The summed E-state index contributed by atoms with van der Waals surface area (Å²) in [5, 5.41) is 3.79. The summed E-state index contributed by atoms with van der Waals surface area (Å²) in [6.45, 7) is 5.80. The van der Waals surface area contributed by atoms with Crippen LogP contribution in [-0.2, 0) is 0 Å². The van der Waals surface area contributed by atoms with Crippen LogP contribution in [0.5, 0.6) is 0 Å². The van der Waals surface area contributed by atoms with E-state index in [4.69, 9.17) is 0 Å². The third-order valence-corrected chi connectivity index (χ3v) is 3.98. The molecule has 0 aromatic carbocycles. The molecule has 0 radical (unpaired) electrons. The summed E-state index contributed by atoms with van der Waals surface area (Å²) in [5.74, 6) is 0.965. The first-order chi connectivity index (χ1) is 7.88. The predicted octanol–water partition coefficient (Wildman–Crippen LogP) is 4.52. The molecule has 1 aliphatic carbocycles. The van der Waals surface area contributed by atoms with Crippen molar-refractivity contribution in [2.45, 2.75) is 84.1 Å². The molecule has 1 atom stereocenters.